The lowest BCUT2D eigenvalue weighted by atomic mass is 10.2. The third-order valence-electron chi connectivity index (χ3n) is 2.62. The van der Waals surface area contributed by atoms with Crippen LogP contribution in [-0.2, 0) is 19.4 Å². The molecule has 0 bridgehead atoms. The van der Waals surface area contributed by atoms with E-state index in [9.17, 15) is 18.0 Å². The molecule has 1 heterocycles. The lowest BCUT2D eigenvalue weighted by Gasteiger charge is -2.32. The Balaban J connectivity index is 2.74. The summed E-state index contributed by atoms with van der Waals surface area (Å²) >= 11 is 0. The van der Waals surface area contributed by atoms with Crippen molar-refractivity contribution in [1.29, 1.82) is 0 Å². The predicted molar refractivity (Wildman–Crippen MR) is 58.5 cm³/mol. The number of carbonyl (C=O) groups excluding carboxylic acids is 2. The van der Waals surface area contributed by atoms with Crippen LogP contribution in [0.1, 0.15) is 13.8 Å². The average molecular weight is 248 g/mol. The van der Waals surface area contributed by atoms with E-state index in [1.54, 1.807) is 18.7 Å². The zero-order valence-electron chi connectivity index (χ0n) is 9.61. The fraction of sp³-hybridized carbons (Fsp3) is 0.778. The number of sulfone groups is 1. The number of piperazine rings is 1. The molecule has 0 aromatic heterocycles. The Bertz CT molecular complexity index is 397. The Kier molecular flexibility index (Phi) is 3.39. The minimum absolute atomic E-state index is 0.0602. The van der Waals surface area contributed by atoms with Gasteiger partial charge >= 0.3 is 0 Å². The molecule has 6 nitrogen and oxygen atoms in total. The molecule has 1 aliphatic rings. The summed E-state index contributed by atoms with van der Waals surface area (Å²) in [6.07, 6.45) is 1.15. The predicted octanol–water partition coefficient (Wildman–Crippen LogP) is -1.23. The Morgan fingerprint density at radius 3 is 2.06 bits per heavy atom. The third-order valence-corrected chi connectivity index (χ3v) is 4.76. The van der Waals surface area contributed by atoms with E-state index in [1.165, 1.54) is 0 Å². The summed E-state index contributed by atoms with van der Waals surface area (Å²) in [4.78, 5) is 23.7. The highest BCUT2D eigenvalue weighted by atomic mass is 32.2. The molecule has 0 unspecified atom stereocenters. The Morgan fingerprint density at radius 1 is 1.25 bits per heavy atom. The second-order valence-corrected chi connectivity index (χ2v) is 7.30. The van der Waals surface area contributed by atoms with Crippen LogP contribution in [0.2, 0.25) is 0 Å². The molecule has 7 heteroatoms. The molecule has 1 rings (SSSR count). The summed E-state index contributed by atoms with van der Waals surface area (Å²) in [5.41, 5.74) is 0. The van der Waals surface area contributed by atoms with Gasteiger partial charge in [-0.05, 0) is 13.8 Å². The van der Waals surface area contributed by atoms with Crippen molar-refractivity contribution < 1.29 is 18.0 Å². The van der Waals surface area contributed by atoms with Crippen LogP contribution in [0.3, 0.4) is 0 Å². The number of hydrogen-bond donors (Lipinski definition) is 1. The Morgan fingerprint density at radius 2 is 1.69 bits per heavy atom. The van der Waals surface area contributed by atoms with Gasteiger partial charge in [0.05, 0.1) is 17.8 Å². The summed E-state index contributed by atoms with van der Waals surface area (Å²) < 4.78 is 22.0. The summed E-state index contributed by atoms with van der Waals surface area (Å²) in [6, 6.07) is 0. The van der Waals surface area contributed by atoms with Crippen LogP contribution in [0.4, 0.5) is 0 Å². The number of rotatable bonds is 3. The van der Waals surface area contributed by atoms with E-state index in [0.29, 0.717) is 0 Å². The fourth-order valence-electron chi connectivity index (χ4n) is 1.46. The van der Waals surface area contributed by atoms with Gasteiger partial charge in [-0.1, -0.05) is 0 Å². The first-order valence-electron chi connectivity index (χ1n) is 4.86. The first-order valence-corrected chi connectivity index (χ1v) is 6.75. The standard InChI is InChI=1S/C9H16N2O4S/c1-9(2,16(3,14)15)6-11-4-7(12)10-8(13)5-11/h4-6H2,1-3H3,(H,10,12,13). The van der Waals surface area contributed by atoms with Gasteiger partial charge in [-0.3, -0.25) is 19.8 Å². The van der Waals surface area contributed by atoms with Crippen molar-refractivity contribution >= 4 is 21.7 Å². The maximum atomic E-state index is 11.5. The molecule has 0 aromatic carbocycles. The Hall–Kier alpha value is -0.950. The molecule has 0 saturated carbocycles. The topological polar surface area (TPSA) is 83.6 Å². The lowest BCUT2D eigenvalue weighted by Crippen LogP contribution is -2.55. The Labute approximate surface area is 94.9 Å². The van der Waals surface area contributed by atoms with Gasteiger partial charge in [0.25, 0.3) is 0 Å². The van der Waals surface area contributed by atoms with Crippen molar-refractivity contribution in [1.82, 2.24) is 10.2 Å². The molecule has 0 atom stereocenters. The highest BCUT2D eigenvalue weighted by Gasteiger charge is 2.35. The van der Waals surface area contributed by atoms with Gasteiger partial charge in [0, 0.05) is 12.8 Å². The average Bonchev–Trinajstić information content (AvgIpc) is 1.97. The molecule has 0 radical (unpaired) electrons. The molecule has 1 N–H and O–H groups in total. The van der Waals surface area contributed by atoms with Gasteiger partial charge in [0.2, 0.25) is 11.8 Å². The number of carbonyl (C=O) groups is 2. The summed E-state index contributed by atoms with van der Waals surface area (Å²) in [5.74, 6) is -0.777. The van der Waals surface area contributed by atoms with Crippen LogP contribution in [0.25, 0.3) is 0 Å². The molecule has 0 aliphatic carbocycles. The molecule has 1 aliphatic heterocycles. The molecular formula is C9H16N2O4S. The fourth-order valence-corrected chi connectivity index (χ4v) is 1.88. The summed E-state index contributed by atoms with van der Waals surface area (Å²) in [7, 11) is -3.22. The van der Waals surface area contributed by atoms with E-state index in [1.807, 2.05) is 0 Å². The number of nitrogens with zero attached hydrogens (tertiary/aromatic N) is 1. The number of hydrogen-bond acceptors (Lipinski definition) is 5. The van der Waals surface area contributed by atoms with Crippen LogP contribution in [0.15, 0.2) is 0 Å². The maximum absolute atomic E-state index is 11.5. The molecule has 0 aromatic rings. The summed E-state index contributed by atoms with van der Waals surface area (Å²) in [5, 5.41) is 2.16. The van der Waals surface area contributed by atoms with Crippen LogP contribution >= 0.6 is 0 Å². The van der Waals surface area contributed by atoms with Gasteiger partial charge < -0.3 is 0 Å². The molecule has 0 spiro atoms. The number of amides is 2. The first-order chi connectivity index (χ1) is 7.12. The van der Waals surface area contributed by atoms with Crippen molar-refractivity contribution in [3.8, 4) is 0 Å². The normalized spacial score (nSPS) is 19.7. The first kappa shape index (κ1) is 13.1. The highest BCUT2D eigenvalue weighted by molar-refractivity contribution is 7.92. The third kappa shape index (κ3) is 3.02. The van der Waals surface area contributed by atoms with Crippen LogP contribution in [0.5, 0.6) is 0 Å². The van der Waals surface area contributed by atoms with E-state index >= 15 is 0 Å². The van der Waals surface area contributed by atoms with Crippen LogP contribution in [-0.4, -0.2) is 55.8 Å². The smallest absolute Gasteiger partial charge is 0.240 e. The van der Waals surface area contributed by atoms with Gasteiger partial charge in [-0.2, -0.15) is 0 Å². The molecule has 1 fully saturated rings. The number of nitrogens with one attached hydrogen (secondary N) is 1. The minimum Gasteiger partial charge on any atom is -0.294 e. The lowest BCUT2D eigenvalue weighted by molar-refractivity contribution is -0.136. The van der Waals surface area contributed by atoms with Crippen LogP contribution < -0.4 is 5.32 Å². The monoisotopic (exact) mass is 248 g/mol. The van der Waals surface area contributed by atoms with E-state index in [2.05, 4.69) is 5.32 Å². The molecule has 2 amide bonds. The van der Waals surface area contributed by atoms with Gasteiger partial charge in [-0.25, -0.2) is 8.42 Å². The van der Waals surface area contributed by atoms with Crippen molar-refractivity contribution in [2.24, 2.45) is 0 Å². The van der Waals surface area contributed by atoms with Crippen molar-refractivity contribution in [3.63, 3.8) is 0 Å². The molecule has 16 heavy (non-hydrogen) atoms. The molecular weight excluding hydrogens is 232 g/mol. The second kappa shape index (κ2) is 4.14. The zero-order valence-corrected chi connectivity index (χ0v) is 10.4. The van der Waals surface area contributed by atoms with E-state index in [-0.39, 0.29) is 31.4 Å². The van der Waals surface area contributed by atoms with Gasteiger partial charge in [-0.15, -0.1) is 0 Å². The minimum atomic E-state index is -3.22. The molecule has 1 saturated heterocycles. The van der Waals surface area contributed by atoms with Crippen molar-refractivity contribution in [2.45, 2.75) is 18.6 Å². The maximum Gasteiger partial charge on any atom is 0.240 e. The van der Waals surface area contributed by atoms with Gasteiger partial charge in [0.15, 0.2) is 9.84 Å². The largest absolute Gasteiger partial charge is 0.294 e. The van der Waals surface area contributed by atoms with Gasteiger partial charge in [0.1, 0.15) is 0 Å². The number of imide groups is 1. The summed E-state index contributed by atoms with van der Waals surface area (Å²) in [6.45, 7) is 3.46. The van der Waals surface area contributed by atoms with E-state index in [4.69, 9.17) is 0 Å². The highest BCUT2D eigenvalue weighted by Crippen LogP contribution is 2.17. The van der Waals surface area contributed by atoms with Crippen molar-refractivity contribution in [2.75, 3.05) is 25.9 Å². The van der Waals surface area contributed by atoms with E-state index < -0.39 is 14.6 Å². The second-order valence-electron chi connectivity index (χ2n) is 4.65. The quantitative estimate of drug-likeness (QED) is 0.632. The molecule has 92 valence electrons. The zero-order chi connectivity index (χ0) is 12.6. The SMILES string of the molecule is CC(C)(CN1CC(=O)NC(=O)C1)S(C)(=O)=O. The van der Waals surface area contributed by atoms with E-state index in [0.717, 1.165) is 6.26 Å². The van der Waals surface area contributed by atoms with Crippen LogP contribution in [0, 0.1) is 0 Å². The van der Waals surface area contributed by atoms with Crippen molar-refractivity contribution in [3.05, 3.63) is 0 Å².